The Morgan fingerprint density at radius 2 is 1.96 bits per heavy atom. The van der Waals surface area contributed by atoms with E-state index in [9.17, 15) is 4.79 Å². The molecule has 1 aliphatic rings. The number of aromatic nitrogens is 1. The number of carbonyl (C=O) groups is 1. The Bertz CT molecular complexity index is 939. The SMILES string of the molecule is Nc1nccc2cc(C(=O)N3CCCC3c3ccc(Cl)cc3)ccc12. The third kappa shape index (κ3) is 2.94. The van der Waals surface area contributed by atoms with Gasteiger partial charge in [0.05, 0.1) is 6.04 Å². The first-order valence-corrected chi connectivity index (χ1v) is 8.72. The molecule has 3 aromatic rings. The lowest BCUT2D eigenvalue weighted by Gasteiger charge is -2.25. The number of halogens is 1. The van der Waals surface area contributed by atoms with Gasteiger partial charge in [-0.25, -0.2) is 4.98 Å². The highest BCUT2D eigenvalue weighted by molar-refractivity contribution is 6.30. The van der Waals surface area contributed by atoms with Crippen LogP contribution in [0.2, 0.25) is 5.02 Å². The van der Waals surface area contributed by atoms with E-state index in [0.717, 1.165) is 35.7 Å². The highest BCUT2D eigenvalue weighted by atomic mass is 35.5. The van der Waals surface area contributed by atoms with Gasteiger partial charge in [0.25, 0.3) is 5.91 Å². The highest BCUT2D eigenvalue weighted by Gasteiger charge is 2.30. The van der Waals surface area contributed by atoms with Crippen LogP contribution in [0.3, 0.4) is 0 Å². The summed E-state index contributed by atoms with van der Waals surface area (Å²) in [6.07, 6.45) is 3.64. The molecule has 5 heteroatoms. The van der Waals surface area contributed by atoms with Crippen molar-refractivity contribution in [1.29, 1.82) is 0 Å². The predicted octanol–water partition coefficient (Wildman–Crippen LogP) is 4.45. The van der Waals surface area contributed by atoms with Crippen molar-refractivity contribution in [2.45, 2.75) is 18.9 Å². The van der Waals surface area contributed by atoms with Gasteiger partial charge in [0.1, 0.15) is 5.82 Å². The van der Waals surface area contributed by atoms with Crippen LogP contribution in [0, 0.1) is 0 Å². The van der Waals surface area contributed by atoms with E-state index in [4.69, 9.17) is 17.3 Å². The van der Waals surface area contributed by atoms with E-state index < -0.39 is 0 Å². The lowest BCUT2D eigenvalue weighted by atomic mass is 10.0. The fraction of sp³-hybridized carbons (Fsp3) is 0.200. The Kier molecular flexibility index (Phi) is 4.06. The molecule has 1 aliphatic heterocycles. The van der Waals surface area contributed by atoms with Crippen molar-refractivity contribution >= 4 is 34.1 Å². The number of benzene rings is 2. The molecule has 2 heterocycles. The third-order valence-electron chi connectivity index (χ3n) is 4.81. The van der Waals surface area contributed by atoms with E-state index in [2.05, 4.69) is 4.98 Å². The van der Waals surface area contributed by atoms with Crippen LogP contribution in [0.5, 0.6) is 0 Å². The summed E-state index contributed by atoms with van der Waals surface area (Å²) in [6.45, 7) is 0.767. The zero-order valence-electron chi connectivity index (χ0n) is 13.7. The van der Waals surface area contributed by atoms with Crippen LogP contribution in [-0.2, 0) is 0 Å². The number of pyridine rings is 1. The Morgan fingerprint density at radius 3 is 2.76 bits per heavy atom. The Morgan fingerprint density at radius 1 is 1.16 bits per heavy atom. The minimum absolute atomic E-state index is 0.0507. The van der Waals surface area contributed by atoms with Gasteiger partial charge in [0, 0.05) is 28.7 Å². The van der Waals surface area contributed by atoms with Gasteiger partial charge < -0.3 is 10.6 Å². The second-order valence-electron chi connectivity index (χ2n) is 6.34. The quantitative estimate of drug-likeness (QED) is 0.742. The maximum absolute atomic E-state index is 13.1. The van der Waals surface area contributed by atoms with Crippen LogP contribution in [0.25, 0.3) is 10.8 Å². The van der Waals surface area contributed by atoms with E-state index in [1.165, 1.54) is 0 Å². The molecule has 2 aromatic carbocycles. The normalized spacial score (nSPS) is 17.2. The summed E-state index contributed by atoms with van der Waals surface area (Å²) in [5, 5.41) is 2.51. The fourth-order valence-corrected chi connectivity index (χ4v) is 3.67. The lowest BCUT2D eigenvalue weighted by Crippen LogP contribution is -2.30. The van der Waals surface area contributed by atoms with Gasteiger partial charge in [-0.15, -0.1) is 0 Å². The Labute approximate surface area is 151 Å². The van der Waals surface area contributed by atoms with Gasteiger partial charge in [-0.2, -0.15) is 0 Å². The molecule has 25 heavy (non-hydrogen) atoms. The summed E-state index contributed by atoms with van der Waals surface area (Å²) in [5.74, 6) is 0.534. The highest BCUT2D eigenvalue weighted by Crippen LogP contribution is 2.34. The number of nitrogens with two attached hydrogens (primary N) is 1. The van der Waals surface area contributed by atoms with Gasteiger partial charge in [-0.05, 0) is 60.2 Å². The summed E-state index contributed by atoms with van der Waals surface area (Å²) in [5.41, 5.74) is 7.71. The summed E-state index contributed by atoms with van der Waals surface area (Å²) in [7, 11) is 0. The molecule has 4 nitrogen and oxygen atoms in total. The van der Waals surface area contributed by atoms with Crippen LogP contribution >= 0.6 is 11.6 Å². The number of anilines is 1. The fourth-order valence-electron chi connectivity index (χ4n) is 3.54. The second-order valence-corrected chi connectivity index (χ2v) is 6.78. The molecule has 1 unspecified atom stereocenters. The second kappa shape index (κ2) is 6.37. The van der Waals surface area contributed by atoms with Gasteiger partial charge in [0.2, 0.25) is 0 Å². The molecule has 0 bridgehead atoms. The molecule has 0 radical (unpaired) electrons. The number of amides is 1. The van der Waals surface area contributed by atoms with Gasteiger partial charge in [-0.3, -0.25) is 4.79 Å². The first-order chi connectivity index (χ1) is 12.1. The van der Waals surface area contributed by atoms with Crippen LogP contribution in [0.15, 0.2) is 54.7 Å². The van der Waals surface area contributed by atoms with Crippen molar-refractivity contribution in [2.75, 3.05) is 12.3 Å². The van der Waals surface area contributed by atoms with E-state index >= 15 is 0 Å². The molecule has 0 saturated carbocycles. The van der Waals surface area contributed by atoms with E-state index in [1.54, 1.807) is 6.20 Å². The molecule has 1 fully saturated rings. The minimum Gasteiger partial charge on any atom is -0.383 e. The van der Waals surface area contributed by atoms with Crippen molar-refractivity contribution in [3.63, 3.8) is 0 Å². The summed E-state index contributed by atoms with van der Waals surface area (Å²) >= 11 is 5.99. The summed E-state index contributed by atoms with van der Waals surface area (Å²) in [6, 6.07) is 15.3. The van der Waals surface area contributed by atoms with Crippen LogP contribution < -0.4 is 5.73 Å². The monoisotopic (exact) mass is 351 g/mol. The van der Waals surface area contributed by atoms with Gasteiger partial charge >= 0.3 is 0 Å². The number of likely N-dealkylation sites (tertiary alicyclic amines) is 1. The van der Waals surface area contributed by atoms with Crippen molar-refractivity contribution < 1.29 is 4.79 Å². The number of rotatable bonds is 2. The molecular formula is C20H18ClN3O. The number of carbonyl (C=O) groups excluding carboxylic acids is 1. The third-order valence-corrected chi connectivity index (χ3v) is 5.06. The van der Waals surface area contributed by atoms with E-state index in [0.29, 0.717) is 16.4 Å². The zero-order chi connectivity index (χ0) is 17.4. The molecular weight excluding hydrogens is 334 g/mol. The van der Waals surface area contributed by atoms with Crippen molar-refractivity contribution in [2.24, 2.45) is 0 Å². The van der Waals surface area contributed by atoms with E-state index in [1.807, 2.05) is 53.4 Å². The molecule has 1 amide bonds. The topological polar surface area (TPSA) is 59.2 Å². The average molecular weight is 352 g/mol. The molecule has 0 spiro atoms. The van der Waals surface area contributed by atoms with Crippen LogP contribution in [0.4, 0.5) is 5.82 Å². The summed E-state index contributed by atoms with van der Waals surface area (Å²) in [4.78, 5) is 19.1. The lowest BCUT2D eigenvalue weighted by molar-refractivity contribution is 0.0736. The first-order valence-electron chi connectivity index (χ1n) is 8.34. The minimum atomic E-state index is 0.0507. The maximum Gasteiger partial charge on any atom is 0.254 e. The molecule has 1 aromatic heterocycles. The largest absolute Gasteiger partial charge is 0.383 e. The Hall–Kier alpha value is -2.59. The molecule has 0 aliphatic carbocycles. The molecule has 126 valence electrons. The van der Waals surface area contributed by atoms with Gasteiger partial charge in [0.15, 0.2) is 0 Å². The molecule has 2 N–H and O–H groups in total. The molecule has 1 saturated heterocycles. The van der Waals surface area contributed by atoms with Crippen molar-refractivity contribution in [3.05, 3.63) is 70.9 Å². The van der Waals surface area contributed by atoms with E-state index in [-0.39, 0.29) is 11.9 Å². The number of hydrogen-bond acceptors (Lipinski definition) is 3. The summed E-state index contributed by atoms with van der Waals surface area (Å²) < 4.78 is 0. The predicted molar refractivity (Wildman–Crippen MR) is 101 cm³/mol. The first kappa shape index (κ1) is 15.9. The van der Waals surface area contributed by atoms with Crippen molar-refractivity contribution in [1.82, 2.24) is 9.88 Å². The average Bonchev–Trinajstić information content (AvgIpc) is 3.11. The molecule has 4 rings (SSSR count). The maximum atomic E-state index is 13.1. The number of nitrogen functional groups attached to an aromatic ring is 1. The molecule has 1 atom stereocenters. The van der Waals surface area contributed by atoms with Crippen molar-refractivity contribution in [3.8, 4) is 0 Å². The standard InChI is InChI=1S/C20H18ClN3O/c21-16-6-3-13(4-7-16)18-2-1-11-24(18)20(25)15-5-8-17-14(12-15)9-10-23-19(17)22/h3-10,12,18H,1-2,11H2,(H2,22,23). The van der Waals surface area contributed by atoms with Crippen LogP contribution in [-0.4, -0.2) is 22.3 Å². The number of nitrogens with zero attached hydrogens (tertiary/aromatic N) is 2. The number of fused-ring (bicyclic) bond motifs is 1. The van der Waals surface area contributed by atoms with Gasteiger partial charge in [-0.1, -0.05) is 23.7 Å². The zero-order valence-corrected chi connectivity index (χ0v) is 14.4. The number of hydrogen-bond donors (Lipinski definition) is 1. The Balaban J connectivity index is 1.66. The van der Waals surface area contributed by atoms with Crippen LogP contribution in [0.1, 0.15) is 34.8 Å². The smallest absolute Gasteiger partial charge is 0.254 e.